The summed E-state index contributed by atoms with van der Waals surface area (Å²) in [6, 6.07) is 13.9. The third kappa shape index (κ3) is 2.84. The van der Waals surface area contributed by atoms with E-state index in [4.69, 9.17) is 1.37 Å². The summed E-state index contributed by atoms with van der Waals surface area (Å²) in [6.07, 6.45) is 1.11. The average Bonchev–Trinajstić information content (AvgIpc) is 2.62. The molecule has 3 rings (SSSR count). The summed E-state index contributed by atoms with van der Waals surface area (Å²) in [5.74, 6) is 0.516. The maximum Gasteiger partial charge on any atom is 0.220 e. The number of aryl methyl sites for hydroxylation is 2. The van der Waals surface area contributed by atoms with Crippen LogP contribution in [0.15, 0.2) is 42.4 Å². The molecule has 0 N–H and O–H groups in total. The van der Waals surface area contributed by atoms with E-state index in [1.807, 2.05) is 6.92 Å². The van der Waals surface area contributed by atoms with Crippen molar-refractivity contribution in [2.75, 3.05) is 0 Å². The molecule has 1 heteroatoms. The zero-order valence-electron chi connectivity index (χ0n) is 16.7. The number of rotatable bonds is 3. The van der Waals surface area contributed by atoms with Gasteiger partial charge in [-0.15, -0.1) is 0 Å². The first-order chi connectivity index (χ1) is 11.8. The van der Waals surface area contributed by atoms with E-state index >= 15 is 0 Å². The molecule has 1 nitrogen and oxygen atoms in total. The van der Waals surface area contributed by atoms with Gasteiger partial charge in [0.25, 0.3) is 0 Å². The predicted molar refractivity (Wildman–Crippen MR) is 103 cm³/mol. The minimum atomic E-state index is 0.516. The second kappa shape index (κ2) is 6.39. The van der Waals surface area contributed by atoms with Crippen molar-refractivity contribution >= 4 is 10.8 Å². The lowest BCUT2D eigenvalue weighted by Crippen LogP contribution is -2.35. The predicted octanol–water partition coefficient (Wildman–Crippen LogP) is 5.77. The Kier molecular flexibility index (Phi) is 4.10. The number of pyridine rings is 1. The van der Waals surface area contributed by atoms with E-state index in [0.29, 0.717) is 12.0 Å². The van der Waals surface area contributed by atoms with E-state index < -0.39 is 0 Å². The van der Waals surface area contributed by atoms with Crippen molar-refractivity contribution in [3.05, 3.63) is 64.8 Å². The molecule has 24 heavy (non-hydrogen) atoms. The van der Waals surface area contributed by atoms with Gasteiger partial charge in [0.15, 0.2) is 5.69 Å². The minimum absolute atomic E-state index is 0.516. The van der Waals surface area contributed by atoms with Crippen LogP contribution in [0.5, 0.6) is 0 Å². The first kappa shape index (κ1) is 15.4. The highest BCUT2D eigenvalue weighted by Crippen LogP contribution is 2.31. The number of aromatic nitrogens is 1. The van der Waals surface area contributed by atoms with Crippen LogP contribution in [0.4, 0.5) is 0 Å². The van der Waals surface area contributed by atoms with Crippen LogP contribution < -0.4 is 4.57 Å². The first-order valence-electron chi connectivity index (χ1n) is 9.35. The molecular weight excluding hydrogens is 290 g/mol. The lowest BCUT2D eigenvalue weighted by Gasteiger charge is -2.13. The molecule has 0 aliphatic carbocycles. The third-order valence-electron chi connectivity index (χ3n) is 5.28. The van der Waals surface area contributed by atoms with Gasteiger partial charge in [-0.25, -0.2) is 0 Å². The topological polar surface area (TPSA) is 3.88 Å². The molecule has 0 aliphatic rings. The smallest absolute Gasteiger partial charge is 0.198 e. The standard InChI is InChI=1S/C23H28N/c1-7-16(3)19-10-11-21-20(14-19)13-18(5)24(6)23(21)22-12-15(2)8-9-17(22)4/h8-14,16H,7H2,1-6H3/q+1/i13D. The van der Waals surface area contributed by atoms with Gasteiger partial charge in [-0.3, -0.25) is 0 Å². The molecular formula is C23H28N+. The molecule has 0 spiro atoms. The molecule has 0 amide bonds. The second-order valence-electron chi connectivity index (χ2n) is 7.05. The van der Waals surface area contributed by atoms with Crippen LogP contribution in [-0.2, 0) is 7.05 Å². The molecule has 3 aromatic rings. The number of nitrogens with zero attached hydrogens (tertiary/aromatic N) is 1. The van der Waals surface area contributed by atoms with Crippen molar-refractivity contribution < 1.29 is 5.94 Å². The molecule has 1 unspecified atom stereocenters. The van der Waals surface area contributed by atoms with E-state index in [1.165, 1.54) is 33.3 Å². The van der Waals surface area contributed by atoms with Crippen LogP contribution in [0.1, 0.15) is 49.9 Å². The summed E-state index contributed by atoms with van der Waals surface area (Å²) in [6.45, 7) is 10.8. The van der Waals surface area contributed by atoms with Gasteiger partial charge in [0.05, 0.1) is 6.76 Å². The Morgan fingerprint density at radius 1 is 1.08 bits per heavy atom. The number of hydrogen-bond donors (Lipinski definition) is 0. The molecule has 0 radical (unpaired) electrons. The van der Waals surface area contributed by atoms with Gasteiger partial charge < -0.3 is 0 Å². The average molecular weight is 319 g/mol. The zero-order valence-corrected chi connectivity index (χ0v) is 15.7. The van der Waals surface area contributed by atoms with Gasteiger partial charge in [0.2, 0.25) is 5.69 Å². The van der Waals surface area contributed by atoms with Crippen LogP contribution in [0.25, 0.3) is 22.0 Å². The molecule has 1 atom stereocenters. The summed E-state index contributed by atoms with van der Waals surface area (Å²) in [5.41, 5.74) is 7.32. The fraction of sp³-hybridized carbons (Fsp3) is 0.348. The van der Waals surface area contributed by atoms with Crippen molar-refractivity contribution in [1.29, 1.82) is 0 Å². The molecule has 0 aliphatic heterocycles. The molecule has 0 saturated heterocycles. The summed E-state index contributed by atoms with van der Waals surface area (Å²) < 4.78 is 10.8. The van der Waals surface area contributed by atoms with Gasteiger partial charge in [-0.2, -0.15) is 4.57 Å². The lowest BCUT2D eigenvalue weighted by atomic mass is 9.93. The van der Waals surface area contributed by atoms with Crippen LogP contribution >= 0.6 is 0 Å². The molecule has 0 fully saturated rings. The molecule has 0 saturated carbocycles. The highest BCUT2D eigenvalue weighted by Gasteiger charge is 2.20. The molecule has 1 heterocycles. The summed E-state index contributed by atoms with van der Waals surface area (Å²) in [5, 5.41) is 2.23. The summed E-state index contributed by atoms with van der Waals surface area (Å²) >= 11 is 0. The first-order valence-corrected chi connectivity index (χ1v) is 8.85. The zero-order chi connectivity index (χ0) is 18.3. The van der Waals surface area contributed by atoms with Crippen molar-refractivity contribution in [3.8, 4) is 11.3 Å². The Hall–Kier alpha value is -2.15. The van der Waals surface area contributed by atoms with Crippen LogP contribution in [0, 0.1) is 20.8 Å². The summed E-state index contributed by atoms with van der Waals surface area (Å²) in [7, 11) is 2.08. The Morgan fingerprint density at radius 2 is 1.83 bits per heavy atom. The quantitative estimate of drug-likeness (QED) is 0.540. The highest BCUT2D eigenvalue weighted by atomic mass is 14.9. The largest absolute Gasteiger partial charge is 0.220 e. The Balaban J connectivity index is 2.41. The normalized spacial score (nSPS) is 13.2. The van der Waals surface area contributed by atoms with Crippen LogP contribution in [0.3, 0.4) is 0 Å². The maximum atomic E-state index is 8.66. The monoisotopic (exact) mass is 319 g/mol. The summed E-state index contributed by atoms with van der Waals surface area (Å²) in [4.78, 5) is 0. The van der Waals surface area contributed by atoms with Gasteiger partial charge in [-0.1, -0.05) is 43.7 Å². The van der Waals surface area contributed by atoms with Crippen LogP contribution in [-0.4, -0.2) is 0 Å². The maximum absolute atomic E-state index is 8.66. The van der Waals surface area contributed by atoms with Crippen LogP contribution in [0.2, 0.25) is 0 Å². The molecule has 124 valence electrons. The molecule has 1 aromatic heterocycles. The third-order valence-corrected chi connectivity index (χ3v) is 5.28. The van der Waals surface area contributed by atoms with Gasteiger partial charge in [-0.05, 0) is 54.8 Å². The van der Waals surface area contributed by atoms with Gasteiger partial charge in [0.1, 0.15) is 7.05 Å². The SMILES string of the molecule is [2H]c1c(C)[n+](C)c(-c2cc(C)ccc2C)c2ccc(C(C)CC)cc12. The molecule has 0 bridgehead atoms. The number of benzene rings is 2. The van der Waals surface area contributed by atoms with Crippen molar-refractivity contribution in [1.82, 2.24) is 0 Å². The number of fused-ring (bicyclic) bond motifs is 1. The fourth-order valence-corrected chi connectivity index (χ4v) is 3.36. The fourth-order valence-electron chi connectivity index (χ4n) is 3.36. The van der Waals surface area contributed by atoms with E-state index in [-0.39, 0.29) is 0 Å². The Labute approximate surface area is 147 Å². The van der Waals surface area contributed by atoms with Gasteiger partial charge >= 0.3 is 0 Å². The Bertz CT molecular complexity index is 956. The van der Waals surface area contributed by atoms with Crippen molar-refractivity contribution in [2.45, 2.75) is 47.0 Å². The van der Waals surface area contributed by atoms with E-state index in [9.17, 15) is 0 Å². The lowest BCUT2D eigenvalue weighted by molar-refractivity contribution is -0.665. The van der Waals surface area contributed by atoms with Gasteiger partial charge in [0, 0.05) is 18.5 Å². The number of hydrogen-bond acceptors (Lipinski definition) is 0. The molecule has 2 aromatic carbocycles. The Morgan fingerprint density at radius 3 is 2.54 bits per heavy atom. The highest BCUT2D eigenvalue weighted by molar-refractivity contribution is 5.94. The second-order valence-corrected chi connectivity index (χ2v) is 7.05. The van der Waals surface area contributed by atoms with E-state index in [0.717, 1.165) is 17.5 Å². The van der Waals surface area contributed by atoms with E-state index in [2.05, 4.69) is 75.7 Å². The van der Waals surface area contributed by atoms with Crippen molar-refractivity contribution in [3.63, 3.8) is 0 Å². The van der Waals surface area contributed by atoms with Crippen molar-refractivity contribution in [2.24, 2.45) is 7.05 Å². The minimum Gasteiger partial charge on any atom is -0.198 e. The van der Waals surface area contributed by atoms with E-state index in [1.54, 1.807) is 0 Å².